The van der Waals surface area contributed by atoms with Crippen molar-refractivity contribution in [3.05, 3.63) is 59.4 Å². The molecule has 1 atom stereocenters. The van der Waals surface area contributed by atoms with E-state index in [9.17, 15) is 9.18 Å². The molecule has 0 radical (unpaired) electrons. The first-order valence-corrected chi connectivity index (χ1v) is 7.56. The van der Waals surface area contributed by atoms with Gasteiger partial charge in [-0.25, -0.2) is 4.39 Å². The van der Waals surface area contributed by atoms with Crippen LogP contribution >= 0.6 is 0 Å². The van der Waals surface area contributed by atoms with Crippen molar-refractivity contribution >= 4 is 17.3 Å². The molecule has 3 rings (SSSR count). The SMILES string of the molecule is CC(Nc1ccc2c(c1)CCC2)C(=O)Nc1cccc(F)c1. The number of halogens is 1. The molecule has 0 saturated heterocycles. The summed E-state index contributed by atoms with van der Waals surface area (Å²) in [6.07, 6.45) is 3.45. The summed E-state index contributed by atoms with van der Waals surface area (Å²) in [6, 6.07) is 11.8. The molecule has 0 fully saturated rings. The molecule has 4 heteroatoms. The maximum absolute atomic E-state index is 13.1. The number of hydrogen-bond donors (Lipinski definition) is 2. The van der Waals surface area contributed by atoms with Crippen molar-refractivity contribution in [1.82, 2.24) is 0 Å². The van der Waals surface area contributed by atoms with Crippen LogP contribution < -0.4 is 10.6 Å². The molecule has 0 aliphatic heterocycles. The number of carbonyl (C=O) groups is 1. The van der Waals surface area contributed by atoms with E-state index in [4.69, 9.17) is 0 Å². The lowest BCUT2D eigenvalue weighted by atomic mass is 10.1. The maximum Gasteiger partial charge on any atom is 0.246 e. The highest BCUT2D eigenvalue weighted by molar-refractivity contribution is 5.96. The summed E-state index contributed by atoms with van der Waals surface area (Å²) in [5.74, 6) is -0.553. The van der Waals surface area contributed by atoms with E-state index in [1.807, 2.05) is 6.07 Å². The monoisotopic (exact) mass is 298 g/mol. The van der Waals surface area contributed by atoms with E-state index in [-0.39, 0.29) is 11.7 Å². The zero-order valence-corrected chi connectivity index (χ0v) is 12.5. The summed E-state index contributed by atoms with van der Waals surface area (Å²) in [7, 11) is 0. The van der Waals surface area contributed by atoms with Gasteiger partial charge in [-0.3, -0.25) is 4.79 Å². The van der Waals surface area contributed by atoms with Crippen molar-refractivity contribution in [2.24, 2.45) is 0 Å². The first kappa shape index (κ1) is 14.6. The zero-order valence-electron chi connectivity index (χ0n) is 12.5. The van der Waals surface area contributed by atoms with Crippen LogP contribution in [-0.2, 0) is 17.6 Å². The lowest BCUT2D eigenvalue weighted by molar-refractivity contribution is -0.116. The van der Waals surface area contributed by atoms with Crippen molar-refractivity contribution in [1.29, 1.82) is 0 Å². The predicted molar refractivity (Wildman–Crippen MR) is 86.6 cm³/mol. The van der Waals surface area contributed by atoms with Gasteiger partial charge in [0.05, 0.1) is 0 Å². The molecule has 22 heavy (non-hydrogen) atoms. The third kappa shape index (κ3) is 3.27. The van der Waals surface area contributed by atoms with Crippen LogP contribution in [0.1, 0.15) is 24.5 Å². The van der Waals surface area contributed by atoms with Gasteiger partial charge in [-0.15, -0.1) is 0 Å². The van der Waals surface area contributed by atoms with Crippen LogP contribution in [0.2, 0.25) is 0 Å². The second-order valence-electron chi connectivity index (χ2n) is 5.70. The molecule has 2 N–H and O–H groups in total. The topological polar surface area (TPSA) is 41.1 Å². The number of benzene rings is 2. The molecule has 3 nitrogen and oxygen atoms in total. The van der Waals surface area contributed by atoms with Gasteiger partial charge in [0, 0.05) is 11.4 Å². The van der Waals surface area contributed by atoms with Crippen molar-refractivity contribution in [2.75, 3.05) is 10.6 Å². The van der Waals surface area contributed by atoms with Gasteiger partial charge < -0.3 is 10.6 Å². The Hall–Kier alpha value is -2.36. The number of carbonyl (C=O) groups excluding carboxylic acids is 1. The number of fused-ring (bicyclic) bond motifs is 1. The normalized spacial score (nSPS) is 14.3. The predicted octanol–water partition coefficient (Wildman–Crippen LogP) is 3.75. The Morgan fingerprint density at radius 2 is 1.91 bits per heavy atom. The Morgan fingerprint density at radius 1 is 1.09 bits per heavy atom. The second-order valence-corrected chi connectivity index (χ2v) is 5.70. The fraction of sp³-hybridized carbons (Fsp3) is 0.278. The van der Waals surface area contributed by atoms with Gasteiger partial charge in [-0.2, -0.15) is 0 Å². The minimum Gasteiger partial charge on any atom is -0.374 e. The highest BCUT2D eigenvalue weighted by Gasteiger charge is 2.15. The van der Waals surface area contributed by atoms with E-state index in [1.54, 1.807) is 19.1 Å². The lowest BCUT2D eigenvalue weighted by Gasteiger charge is -2.16. The summed E-state index contributed by atoms with van der Waals surface area (Å²) >= 11 is 0. The van der Waals surface area contributed by atoms with Crippen molar-refractivity contribution in [3.63, 3.8) is 0 Å². The third-order valence-electron chi connectivity index (χ3n) is 3.97. The summed E-state index contributed by atoms with van der Waals surface area (Å²) in [4.78, 5) is 12.2. The molecule has 0 saturated carbocycles. The van der Waals surface area contributed by atoms with Crippen LogP contribution in [0.15, 0.2) is 42.5 Å². The van der Waals surface area contributed by atoms with E-state index in [1.165, 1.54) is 29.7 Å². The lowest BCUT2D eigenvalue weighted by Crippen LogP contribution is -2.31. The smallest absolute Gasteiger partial charge is 0.246 e. The van der Waals surface area contributed by atoms with Gasteiger partial charge in [-0.1, -0.05) is 12.1 Å². The van der Waals surface area contributed by atoms with E-state index in [0.29, 0.717) is 5.69 Å². The number of hydrogen-bond acceptors (Lipinski definition) is 2. The Morgan fingerprint density at radius 3 is 2.73 bits per heavy atom. The molecular formula is C18H19FN2O. The van der Waals surface area contributed by atoms with Gasteiger partial charge in [0.15, 0.2) is 0 Å². The van der Waals surface area contributed by atoms with Crippen molar-refractivity contribution in [3.8, 4) is 0 Å². The number of anilines is 2. The number of amides is 1. The molecule has 114 valence electrons. The first-order valence-electron chi connectivity index (χ1n) is 7.56. The Labute approximate surface area is 129 Å². The summed E-state index contributed by atoms with van der Waals surface area (Å²) < 4.78 is 13.1. The average molecular weight is 298 g/mol. The van der Waals surface area contributed by atoms with E-state index < -0.39 is 6.04 Å². The Kier molecular flexibility index (Phi) is 4.09. The number of rotatable bonds is 4. The molecule has 0 spiro atoms. The minimum absolute atomic E-state index is 0.189. The zero-order chi connectivity index (χ0) is 15.5. The van der Waals surface area contributed by atoms with Crippen LogP contribution in [0, 0.1) is 5.82 Å². The second kappa shape index (κ2) is 6.18. The number of nitrogens with one attached hydrogen (secondary N) is 2. The molecular weight excluding hydrogens is 279 g/mol. The molecule has 0 heterocycles. The molecule has 2 aromatic carbocycles. The van der Waals surface area contributed by atoms with E-state index in [0.717, 1.165) is 18.5 Å². The molecule has 1 aliphatic rings. The standard InChI is InChI=1S/C18H19FN2O/c1-12(18(22)21-16-7-3-6-15(19)11-16)20-17-9-8-13-4-2-5-14(13)10-17/h3,6-12,20H,2,4-5H2,1H3,(H,21,22). The minimum atomic E-state index is -0.400. The van der Waals surface area contributed by atoms with Gasteiger partial charge in [0.1, 0.15) is 11.9 Å². The maximum atomic E-state index is 13.1. The van der Waals surface area contributed by atoms with Gasteiger partial charge in [0.25, 0.3) is 0 Å². The van der Waals surface area contributed by atoms with Crippen LogP contribution in [0.4, 0.5) is 15.8 Å². The Bertz CT molecular complexity index is 699. The van der Waals surface area contributed by atoms with Gasteiger partial charge in [-0.05, 0) is 67.6 Å². The van der Waals surface area contributed by atoms with Crippen LogP contribution in [0.3, 0.4) is 0 Å². The van der Waals surface area contributed by atoms with Crippen molar-refractivity contribution < 1.29 is 9.18 Å². The van der Waals surface area contributed by atoms with Gasteiger partial charge >= 0.3 is 0 Å². The Balaban J connectivity index is 1.63. The third-order valence-corrected chi connectivity index (χ3v) is 3.97. The highest BCUT2D eigenvalue weighted by atomic mass is 19.1. The van der Waals surface area contributed by atoms with Crippen molar-refractivity contribution in [2.45, 2.75) is 32.2 Å². The molecule has 0 aromatic heterocycles. The molecule has 1 amide bonds. The number of aryl methyl sites for hydroxylation is 2. The van der Waals surface area contributed by atoms with Crippen LogP contribution in [0.25, 0.3) is 0 Å². The summed E-state index contributed by atoms with van der Waals surface area (Å²) in [5, 5.41) is 5.91. The van der Waals surface area contributed by atoms with E-state index >= 15 is 0 Å². The van der Waals surface area contributed by atoms with Crippen LogP contribution in [-0.4, -0.2) is 11.9 Å². The molecule has 2 aromatic rings. The highest BCUT2D eigenvalue weighted by Crippen LogP contribution is 2.25. The fourth-order valence-electron chi connectivity index (χ4n) is 2.79. The fourth-order valence-corrected chi connectivity index (χ4v) is 2.79. The summed E-state index contributed by atoms with van der Waals surface area (Å²) in [6.45, 7) is 1.79. The van der Waals surface area contributed by atoms with Crippen LogP contribution in [0.5, 0.6) is 0 Å². The molecule has 1 unspecified atom stereocenters. The molecule has 1 aliphatic carbocycles. The summed E-state index contributed by atoms with van der Waals surface area (Å²) in [5.41, 5.74) is 4.18. The van der Waals surface area contributed by atoms with E-state index in [2.05, 4.69) is 22.8 Å². The largest absolute Gasteiger partial charge is 0.374 e. The molecule has 0 bridgehead atoms. The van der Waals surface area contributed by atoms with Gasteiger partial charge in [0.2, 0.25) is 5.91 Å². The first-order chi connectivity index (χ1) is 10.6. The quantitative estimate of drug-likeness (QED) is 0.902. The average Bonchev–Trinajstić information content (AvgIpc) is 2.94.